The Morgan fingerprint density at radius 2 is 2.00 bits per heavy atom. The van der Waals surface area contributed by atoms with E-state index in [1.807, 2.05) is 4.90 Å². The number of carbonyl (C=O) groups is 1. The summed E-state index contributed by atoms with van der Waals surface area (Å²) in [5.41, 5.74) is 5.96. The van der Waals surface area contributed by atoms with Crippen molar-refractivity contribution in [3.8, 4) is 0 Å². The van der Waals surface area contributed by atoms with E-state index in [9.17, 15) is 4.79 Å². The molecule has 0 radical (unpaired) electrons. The largest absolute Gasteiger partial charge is 0.342 e. The Bertz CT molecular complexity index is 297. The lowest BCUT2D eigenvalue weighted by atomic mass is 9.81. The topological polar surface area (TPSA) is 46.3 Å². The van der Waals surface area contributed by atoms with Crippen LogP contribution in [0.2, 0.25) is 0 Å². The Kier molecular flexibility index (Phi) is 4.31. The van der Waals surface area contributed by atoms with Crippen molar-refractivity contribution in [1.29, 1.82) is 0 Å². The molecule has 0 spiro atoms. The van der Waals surface area contributed by atoms with Crippen molar-refractivity contribution < 1.29 is 4.79 Å². The first kappa shape index (κ1) is 13.9. The Balaban J connectivity index is 1.79. The maximum atomic E-state index is 12.3. The molecule has 2 fully saturated rings. The molecule has 1 amide bonds. The van der Waals surface area contributed by atoms with Crippen molar-refractivity contribution in [1.82, 2.24) is 4.90 Å². The third-order valence-electron chi connectivity index (χ3n) is 5.00. The number of nitrogens with two attached hydrogens (primary N) is 1. The van der Waals surface area contributed by atoms with Crippen LogP contribution in [0.15, 0.2) is 0 Å². The van der Waals surface area contributed by atoms with Gasteiger partial charge in [0.05, 0.1) is 0 Å². The van der Waals surface area contributed by atoms with E-state index in [-0.39, 0.29) is 5.41 Å². The standard InChI is InChI=1S/C15H28N2O/c1-12-3-5-13(6-4-12)9-14(18)17-8-7-15(2,10-16)11-17/h12-13H,3-11,16H2,1-2H3. The molecule has 3 heteroatoms. The fraction of sp³-hybridized carbons (Fsp3) is 0.933. The minimum Gasteiger partial charge on any atom is -0.342 e. The van der Waals surface area contributed by atoms with Crippen molar-refractivity contribution in [2.24, 2.45) is 23.0 Å². The molecule has 1 atom stereocenters. The summed E-state index contributed by atoms with van der Waals surface area (Å²) in [6, 6.07) is 0. The first-order valence-electron chi connectivity index (χ1n) is 7.50. The van der Waals surface area contributed by atoms with Gasteiger partial charge in [-0.05, 0) is 43.1 Å². The molecule has 2 N–H and O–H groups in total. The van der Waals surface area contributed by atoms with Crippen molar-refractivity contribution in [2.75, 3.05) is 19.6 Å². The van der Waals surface area contributed by atoms with Gasteiger partial charge in [0.2, 0.25) is 5.91 Å². The van der Waals surface area contributed by atoms with Gasteiger partial charge in [0.15, 0.2) is 0 Å². The summed E-state index contributed by atoms with van der Waals surface area (Å²) in [4.78, 5) is 14.3. The highest BCUT2D eigenvalue weighted by Crippen LogP contribution is 2.33. The van der Waals surface area contributed by atoms with Gasteiger partial charge in [0, 0.05) is 19.5 Å². The molecule has 2 aliphatic rings. The van der Waals surface area contributed by atoms with E-state index in [4.69, 9.17) is 5.73 Å². The normalized spacial score (nSPS) is 36.9. The van der Waals surface area contributed by atoms with Gasteiger partial charge in [-0.3, -0.25) is 4.79 Å². The minimum atomic E-state index is 0.163. The van der Waals surface area contributed by atoms with Crippen LogP contribution in [0.3, 0.4) is 0 Å². The molecular weight excluding hydrogens is 224 g/mol. The van der Waals surface area contributed by atoms with Crippen LogP contribution < -0.4 is 5.73 Å². The molecule has 104 valence electrons. The second-order valence-electron chi connectivity index (χ2n) is 6.91. The number of carbonyl (C=O) groups excluding carboxylic acids is 1. The lowest BCUT2D eigenvalue weighted by molar-refractivity contribution is -0.131. The highest BCUT2D eigenvalue weighted by atomic mass is 16.2. The monoisotopic (exact) mass is 252 g/mol. The number of hydrogen-bond donors (Lipinski definition) is 1. The maximum Gasteiger partial charge on any atom is 0.222 e. The van der Waals surface area contributed by atoms with E-state index >= 15 is 0 Å². The van der Waals surface area contributed by atoms with Gasteiger partial charge >= 0.3 is 0 Å². The first-order valence-corrected chi connectivity index (χ1v) is 7.50. The summed E-state index contributed by atoms with van der Waals surface area (Å²) in [6.45, 7) is 6.99. The number of likely N-dealkylation sites (tertiary alicyclic amines) is 1. The fourth-order valence-corrected chi connectivity index (χ4v) is 3.31. The second kappa shape index (κ2) is 5.60. The minimum absolute atomic E-state index is 0.163. The molecule has 0 aromatic rings. The van der Waals surface area contributed by atoms with Gasteiger partial charge in [-0.15, -0.1) is 0 Å². The molecule has 0 aromatic carbocycles. The molecule has 18 heavy (non-hydrogen) atoms. The lowest BCUT2D eigenvalue weighted by Gasteiger charge is -2.28. The van der Waals surface area contributed by atoms with E-state index in [1.165, 1.54) is 25.7 Å². The zero-order chi connectivity index (χ0) is 13.2. The van der Waals surface area contributed by atoms with Crippen LogP contribution in [0.4, 0.5) is 0 Å². The van der Waals surface area contributed by atoms with Crippen molar-refractivity contribution in [2.45, 2.75) is 52.4 Å². The Labute approximate surface area is 111 Å². The van der Waals surface area contributed by atoms with Crippen molar-refractivity contribution in [3.05, 3.63) is 0 Å². The van der Waals surface area contributed by atoms with Gasteiger partial charge in [0.1, 0.15) is 0 Å². The van der Waals surface area contributed by atoms with Crippen LogP contribution in [0.5, 0.6) is 0 Å². The molecule has 0 bridgehead atoms. The first-order chi connectivity index (χ1) is 8.52. The summed E-state index contributed by atoms with van der Waals surface area (Å²) in [5.74, 6) is 1.87. The second-order valence-corrected chi connectivity index (χ2v) is 6.91. The maximum absolute atomic E-state index is 12.3. The fourth-order valence-electron chi connectivity index (χ4n) is 3.31. The molecule has 3 nitrogen and oxygen atoms in total. The highest BCUT2D eigenvalue weighted by molar-refractivity contribution is 5.76. The molecular formula is C15H28N2O. The predicted molar refractivity (Wildman–Crippen MR) is 74.1 cm³/mol. The number of amides is 1. The zero-order valence-electron chi connectivity index (χ0n) is 12.0. The molecule has 1 unspecified atom stereocenters. The van der Waals surface area contributed by atoms with Gasteiger partial charge in [-0.2, -0.15) is 0 Å². The van der Waals surface area contributed by atoms with Gasteiger partial charge < -0.3 is 10.6 Å². The summed E-state index contributed by atoms with van der Waals surface area (Å²) >= 11 is 0. The molecule has 1 aliphatic heterocycles. The number of hydrogen-bond acceptors (Lipinski definition) is 2. The Morgan fingerprint density at radius 1 is 1.33 bits per heavy atom. The predicted octanol–water partition coefficient (Wildman–Crippen LogP) is 2.40. The quantitative estimate of drug-likeness (QED) is 0.838. The van der Waals surface area contributed by atoms with Crippen LogP contribution in [-0.2, 0) is 4.79 Å². The summed E-state index contributed by atoms with van der Waals surface area (Å²) in [5, 5.41) is 0. The van der Waals surface area contributed by atoms with Crippen molar-refractivity contribution in [3.63, 3.8) is 0 Å². The van der Waals surface area contributed by atoms with Crippen LogP contribution in [0.25, 0.3) is 0 Å². The van der Waals surface area contributed by atoms with Crippen LogP contribution in [0, 0.1) is 17.3 Å². The van der Waals surface area contributed by atoms with E-state index in [0.29, 0.717) is 18.4 Å². The van der Waals surface area contributed by atoms with Gasteiger partial charge in [-0.1, -0.05) is 26.7 Å². The molecule has 1 aliphatic carbocycles. The Morgan fingerprint density at radius 3 is 2.56 bits per heavy atom. The van der Waals surface area contributed by atoms with Crippen LogP contribution in [-0.4, -0.2) is 30.4 Å². The summed E-state index contributed by atoms with van der Waals surface area (Å²) in [7, 11) is 0. The smallest absolute Gasteiger partial charge is 0.222 e. The summed E-state index contributed by atoms with van der Waals surface area (Å²) < 4.78 is 0. The number of rotatable bonds is 3. The van der Waals surface area contributed by atoms with Gasteiger partial charge in [0.25, 0.3) is 0 Å². The average Bonchev–Trinajstić information content (AvgIpc) is 2.76. The number of nitrogens with zero attached hydrogens (tertiary/aromatic N) is 1. The average molecular weight is 252 g/mol. The molecule has 0 aromatic heterocycles. The van der Waals surface area contributed by atoms with E-state index in [0.717, 1.165) is 31.8 Å². The Hall–Kier alpha value is -0.570. The molecule has 2 rings (SSSR count). The highest BCUT2D eigenvalue weighted by Gasteiger charge is 2.35. The molecule has 1 heterocycles. The van der Waals surface area contributed by atoms with Crippen LogP contribution >= 0.6 is 0 Å². The summed E-state index contributed by atoms with van der Waals surface area (Å²) in [6.07, 6.45) is 6.94. The lowest BCUT2D eigenvalue weighted by Crippen LogP contribution is -2.35. The molecule has 1 saturated heterocycles. The van der Waals surface area contributed by atoms with Crippen molar-refractivity contribution >= 4 is 5.91 Å². The van der Waals surface area contributed by atoms with Crippen LogP contribution in [0.1, 0.15) is 52.4 Å². The van der Waals surface area contributed by atoms with E-state index < -0.39 is 0 Å². The SMILES string of the molecule is CC1CCC(CC(=O)N2CCC(C)(CN)C2)CC1. The van der Waals surface area contributed by atoms with Gasteiger partial charge in [-0.25, -0.2) is 0 Å². The van der Waals surface area contributed by atoms with E-state index in [2.05, 4.69) is 13.8 Å². The third-order valence-corrected chi connectivity index (χ3v) is 5.00. The molecule has 1 saturated carbocycles. The zero-order valence-corrected chi connectivity index (χ0v) is 12.0. The third kappa shape index (κ3) is 3.25. The van der Waals surface area contributed by atoms with E-state index in [1.54, 1.807) is 0 Å².